The number of carboxylic acid groups (broad SMARTS) is 1. The van der Waals surface area contributed by atoms with Gasteiger partial charge in [-0.15, -0.1) is 11.8 Å². The Bertz CT molecular complexity index is 553. The molecule has 0 heterocycles. The summed E-state index contributed by atoms with van der Waals surface area (Å²) in [4.78, 5) is 22.6. The maximum Gasteiger partial charge on any atom is 0.327 e. The first kappa shape index (κ1) is 18.1. The predicted octanol–water partition coefficient (Wildman–Crippen LogP) is -0.781. The molecule has 0 radical (unpaired) electrons. The molecular weight excluding hydrogens is 310 g/mol. The molecule has 1 aromatic carbocycles. The number of carboxylic acids is 1. The van der Waals surface area contributed by atoms with Crippen LogP contribution in [0.2, 0.25) is 0 Å². The minimum absolute atomic E-state index is 0.0276. The Labute approximate surface area is 131 Å². The zero-order valence-corrected chi connectivity index (χ0v) is 12.6. The largest absolute Gasteiger partial charge is 0.504 e. The second kappa shape index (κ2) is 8.47. The summed E-state index contributed by atoms with van der Waals surface area (Å²) < 4.78 is 0. The Hall–Kier alpha value is -1.97. The lowest BCUT2D eigenvalue weighted by molar-refractivity contribution is -0.140. The van der Waals surface area contributed by atoms with E-state index >= 15 is 0 Å². The summed E-state index contributed by atoms with van der Waals surface area (Å²) >= 11 is 1.00. The van der Waals surface area contributed by atoms with E-state index in [-0.39, 0.29) is 23.8 Å². The number of carbonyl (C=O) groups is 2. The van der Waals surface area contributed by atoms with Gasteiger partial charge in [-0.05, 0) is 30.7 Å². The third-order valence-corrected chi connectivity index (χ3v) is 3.89. The van der Waals surface area contributed by atoms with Crippen molar-refractivity contribution < 1.29 is 24.9 Å². The molecule has 122 valence electrons. The van der Waals surface area contributed by atoms with Gasteiger partial charge in [0.25, 0.3) is 0 Å². The van der Waals surface area contributed by atoms with Crippen molar-refractivity contribution in [2.75, 3.05) is 18.8 Å². The van der Waals surface area contributed by atoms with Crippen LogP contribution in [0.25, 0.3) is 0 Å². The van der Waals surface area contributed by atoms with Gasteiger partial charge in [-0.2, -0.15) is 0 Å². The molecule has 0 unspecified atom stereocenters. The highest BCUT2D eigenvalue weighted by molar-refractivity contribution is 7.99. The van der Waals surface area contributed by atoms with E-state index in [1.54, 1.807) is 6.07 Å². The first-order valence-corrected chi connectivity index (χ1v) is 7.47. The summed E-state index contributed by atoms with van der Waals surface area (Å²) in [5.74, 6) is -2.46. The van der Waals surface area contributed by atoms with Gasteiger partial charge in [0, 0.05) is 5.75 Å². The molecule has 1 rings (SSSR count). The Kier molecular flexibility index (Phi) is 6.96. The van der Waals surface area contributed by atoms with Gasteiger partial charge in [0.15, 0.2) is 11.5 Å². The lowest BCUT2D eigenvalue weighted by atomic mass is 10.1. The zero-order chi connectivity index (χ0) is 16.7. The van der Waals surface area contributed by atoms with Crippen molar-refractivity contribution in [1.29, 1.82) is 0 Å². The molecule has 0 saturated heterocycles. The molecule has 0 aromatic heterocycles. The highest BCUT2D eigenvalue weighted by Crippen LogP contribution is 2.37. The number of phenols is 2. The Morgan fingerprint density at radius 3 is 2.50 bits per heavy atom. The number of nitrogens with one attached hydrogen (secondary N) is 1. The van der Waals surface area contributed by atoms with Gasteiger partial charge in [-0.25, -0.2) is 4.79 Å². The maximum atomic E-state index is 11.2. The molecule has 0 saturated carbocycles. The summed E-state index contributed by atoms with van der Waals surface area (Å²) in [7, 11) is 0. The second-order valence-corrected chi connectivity index (χ2v) is 5.54. The van der Waals surface area contributed by atoms with Gasteiger partial charge in [0.1, 0.15) is 6.04 Å². The van der Waals surface area contributed by atoms with Crippen LogP contribution >= 0.6 is 11.8 Å². The number of rotatable bonds is 8. The number of benzene rings is 1. The monoisotopic (exact) mass is 329 g/mol. The molecule has 0 fully saturated rings. The van der Waals surface area contributed by atoms with Crippen molar-refractivity contribution in [2.45, 2.75) is 17.4 Å². The second-order valence-electron chi connectivity index (χ2n) is 4.47. The van der Waals surface area contributed by atoms with Gasteiger partial charge >= 0.3 is 5.97 Å². The predicted molar refractivity (Wildman–Crippen MR) is 81.9 cm³/mol. The van der Waals surface area contributed by atoms with Crippen LogP contribution in [0.4, 0.5) is 0 Å². The van der Waals surface area contributed by atoms with Gasteiger partial charge in [-0.1, -0.05) is 0 Å². The van der Waals surface area contributed by atoms with Crippen LogP contribution in [0.15, 0.2) is 17.0 Å². The number of hydrogen-bond acceptors (Lipinski definition) is 7. The third-order valence-electron chi connectivity index (χ3n) is 2.77. The van der Waals surface area contributed by atoms with Gasteiger partial charge in [0.2, 0.25) is 5.91 Å². The number of thioether (sulfide) groups is 1. The molecule has 1 atom stereocenters. The minimum Gasteiger partial charge on any atom is -0.504 e. The zero-order valence-electron chi connectivity index (χ0n) is 11.8. The lowest BCUT2D eigenvalue weighted by Crippen LogP contribution is -2.45. The third kappa shape index (κ3) is 5.10. The SMILES string of the molecule is NCCc1cc(O)c(O)c(SC[C@@H](NC(=O)CN)C(=O)O)c1. The van der Waals surface area contributed by atoms with E-state index < -0.39 is 17.9 Å². The number of carbonyl (C=O) groups excluding carboxylic acids is 1. The first-order chi connectivity index (χ1) is 10.4. The fourth-order valence-electron chi connectivity index (χ4n) is 1.67. The van der Waals surface area contributed by atoms with Crippen molar-refractivity contribution in [1.82, 2.24) is 5.32 Å². The molecule has 8 nitrogen and oxygen atoms in total. The van der Waals surface area contributed by atoms with Gasteiger partial charge in [-0.3, -0.25) is 4.79 Å². The summed E-state index contributed by atoms with van der Waals surface area (Å²) in [6, 6.07) is 1.87. The Morgan fingerprint density at radius 2 is 1.95 bits per heavy atom. The van der Waals surface area contributed by atoms with Gasteiger partial charge < -0.3 is 32.1 Å². The normalized spacial score (nSPS) is 11.9. The number of aromatic hydroxyl groups is 2. The summed E-state index contributed by atoms with van der Waals surface area (Å²) in [5, 5.41) is 30.8. The summed E-state index contributed by atoms with van der Waals surface area (Å²) in [6.45, 7) is 0.0606. The van der Waals surface area contributed by atoms with Crippen LogP contribution in [-0.4, -0.2) is 52.1 Å². The van der Waals surface area contributed by atoms with E-state index in [2.05, 4.69) is 5.32 Å². The topological polar surface area (TPSA) is 159 Å². The van der Waals surface area contributed by atoms with Crippen molar-refractivity contribution in [3.63, 3.8) is 0 Å². The number of nitrogens with two attached hydrogens (primary N) is 2. The van der Waals surface area contributed by atoms with Crippen LogP contribution in [0.1, 0.15) is 5.56 Å². The smallest absolute Gasteiger partial charge is 0.327 e. The van der Waals surface area contributed by atoms with Crippen LogP contribution in [0, 0.1) is 0 Å². The van der Waals surface area contributed by atoms with Crippen LogP contribution in [0.5, 0.6) is 11.5 Å². The highest BCUT2D eigenvalue weighted by Gasteiger charge is 2.21. The fraction of sp³-hybridized carbons (Fsp3) is 0.385. The van der Waals surface area contributed by atoms with Crippen molar-refractivity contribution in [3.05, 3.63) is 17.7 Å². The van der Waals surface area contributed by atoms with E-state index in [0.717, 1.165) is 17.3 Å². The molecule has 9 heteroatoms. The number of phenolic OH excluding ortho intramolecular Hbond substituents is 2. The van der Waals surface area contributed by atoms with E-state index in [1.165, 1.54) is 6.07 Å². The van der Waals surface area contributed by atoms with Crippen LogP contribution in [-0.2, 0) is 16.0 Å². The minimum atomic E-state index is -1.21. The molecule has 0 aliphatic carbocycles. The average molecular weight is 329 g/mol. The maximum absolute atomic E-state index is 11.2. The lowest BCUT2D eigenvalue weighted by Gasteiger charge is -2.15. The molecule has 0 aliphatic rings. The number of amides is 1. The molecule has 1 aromatic rings. The first-order valence-electron chi connectivity index (χ1n) is 6.49. The van der Waals surface area contributed by atoms with E-state index in [1.807, 2.05) is 0 Å². The molecule has 22 heavy (non-hydrogen) atoms. The quantitative estimate of drug-likeness (QED) is 0.267. The standard InChI is InChI=1S/C13H19N3O5S/c14-2-1-7-3-9(17)12(19)10(4-7)22-6-8(13(20)21)16-11(18)5-15/h3-4,8,17,19H,1-2,5-6,14-15H2,(H,16,18)(H,20,21)/t8-/m1/s1. The Balaban J connectivity index is 2.84. The summed E-state index contributed by atoms with van der Waals surface area (Å²) in [5.41, 5.74) is 11.3. The van der Waals surface area contributed by atoms with E-state index in [0.29, 0.717) is 17.9 Å². The average Bonchev–Trinajstić information content (AvgIpc) is 2.47. The van der Waals surface area contributed by atoms with Crippen molar-refractivity contribution in [2.24, 2.45) is 11.5 Å². The fourth-order valence-corrected chi connectivity index (χ4v) is 2.72. The van der Waals surface area contributed by atoms with Crippen LogP contribution < -0.4 is 16.8 Å². The number of hydrogen-bond donors (Lipinski definition) is 6. The highest BCUT2D eigenvalue weighted by atomic mass is 32.2. The molecule has 0 bridgehead atoms. The van der Waals surface area contributed by atoms with E-state index in [4.69, 9.17) is 16.6 Å². The van der Waals surface area contributed by atoms with Crippen molar-refractivity contribution >= 4 is 23.6 Å². The van der Waals surface area contributed by atoms with E-state index in [9.17, 15) is 19.8 Å². The van der Waals surface area contributed by atoms with Gasteiger partial charge in [0.05, 0.1) is 11.4 Å². The molecule has 8 N–H and O–H groups in total. The number of aliphatic carboxylic acids is 1. The molecular formula is C13H19N3O5S. The Morgan fingerprint density at radius 1 is 1.27 bits per heavy atom. The summed E-state index contributed by atoms with van der Waals surface area (Å²) in [6.07, 6.45) is 0.508. The van der Waals surface area contributed by atoms with Crippen molar-refractivity contribution in [3.8, 4) is 11.5 Å². The molecule has 0 aliphatic heterocycles. The molecule has 0 spiro atoms. The van der Waals surface area contributed by atoms with Crippen LogP contribution in [0.3, 0.4) is 0 Å². The molecule has 1 amide bonds.